The summed E-state index contributed by atoms with van der Waals surface area (Å²) >= 11 is 5.96. The van der Waals surface area contributed by atoms with Crippen molar-refractivity contribution in [3.63, 3.8) is 0 Å². The monoisotopic (exact) mass is 264 g/mol. The third-order valence-electron chi connectivity index (χ3n) is 3.92. The molecule has 0 aliphatic heterocycles. The number of benzene rings is 1. The summed E-state index contributed by atoms with van der Waals surface area (Å²) in [5.41, 5.74) is 0.132. The Balaban J connectivity index is 2.05. The molecule has 2 aromatic rings. The molecule has 1 unspecified atom stereocenters. The second-order valence-corrected chi connectivity index (χ2v) is 6.60. The predicted octanol–water partition coefficient (Wildman–Crippen LogP) is 4.48. The Morgan fingerprint density at radius 1 is 1.22 bits per heavy atom. The Hall–Kier alpha value is -0.990. The topological polar surface area (TPSA) is 33.4 Å². The van der Waals surface area contributed by atoms with Gasteiger partial charge in [-0.2, -0.15) is 0 Å². The Morgan fingerprint density at radius 2 is 2.00 bits per heavy atom. The largest absolute Gasteiger partial charge is 0.458 e. The van der Waals surface area contributed by atoms with Gasteiger partial charge in [-0.15, -0.1) is 0 Å². The molecule has 18 heavy (non-hydrogen) atoms. The molecule has 3 heteroatoms. The summed E-state index contributed by atoms with van der Waals surface area (Å²) < 4.78 is 5.79. The number of furan rings is 1. The van der Waals surface area contributed by atoms with Crippen molar-refractivity contribution in [2.24, 2.45) is 5.41 Å². The minimum absolute atomic E-state index is 0.172. The Morgan fingerprint density at radius 3 is 2.67 bits per heavy atom. The first-order chi connectivity index (χ1) is 8.38. The lowest BCUT2D eigenvalue weighted by molar-refractivity contribution is 0.0138. The fourth-order valence-electron chi connectivity index (χ4n) is 2.97. The minimum Gasteiger partial charge on any atom is -0.458 e. The number of fused-ring (bicyclic) bond motifs is 1. The first kappa shape index (κ1) is 12.1. The maximum atomic E-state index is 10.7. The molecule has 1 saturated carbocycles. The van der Waals surface area contributed by atoms with Crippen LogP contribution in [0.1, 0.15) is 38.9 Å². The lowest BCUT2D eigenvalue weighted by atomic mass is 9.88. The third-order valence-corrected chi connectivity index (χ3v) is 4.16. The molecule has 1 heterocycles. The number of halogens is 1. The zero-order valence-electron chi connectivity index (χ0n) is 10.7. The molecule has 0 radical (unpaired) electrons. The van der Waals surface area contributed by atoms with E-state index in [1.165, 1.54) is 0 Å². The van der Waals surface area contributed by atoms with Crippen LogP contribution in [-0.4, -0.2) is 5.11 Å². The first-order valence-electron chi connectivity index (χ1n) is 6.30. The van der Waals surface area contributed by atoms with Crippen molar-refractivity contribution in [2.75, 3.05) is 0 Å². The SMILES string of the molecule is CC1(C)CCC(O)(c2cc3cc(Cl)ccc3o2)C1. The van der Waals surface area contributed by atoms with Crippen LogP contribution in [0.2, 0.25) is 5.02 Å². The summed E-state index contributed by atoms with van der Waals surface area (Å²) in [4.78, 5) is 0. The van der Waals surface area contributed by atoms with Crippen molar-refractivity contribution in [1.29, 1.82) is 0 Å². The van der Waals surface area contributed by atoms with E-state index in [4.69, 9.17) is 16.0 Å². The highest BCUT2D eigenvalue weighted by Crippen LogP contribution is 2.49. The van der Waals surface area contributed by atoms with Gasteiger partial charge in [0, 0.05) is 10.4 Å². The molecule has 0 spiro atoms. The second kappa shape index (κ2) is 3.75. The highest BCUT2D eigenvalue weighted by molar-refractivity contribution is 6.31. The molecular formula is C15H17ClO2. The van der Waals surface area contributed by atoms with E-state index in [1.54, 1.807) is 6.07 Å². The second-order valence-electron chi connectivity index (χ2n) is 6.17. The van der Waals surface area contributed by atoms with E-state index in [0.29, 0.717) is 10.8 Å². The van der Waals surface area contributed by atoms with E-state index in [9.17, 15) is 5.11 Å². The zero-order chi connectivity index (χ0) is 13.0. The van der Waals surface area contributed by atoms with Crippen molar-refractivity contribution >= 4 is 22.6 Å². The molecule has 1 fully saturated rings. The van der Waals surface area contributed by atoms with Gasteiger partial charge >= 0.3 is 0 Å². The van der Waals surface area contributed by atoms with Crippen LogP contribution in [0.3, 0.4) is 0 Å². The van der Waals surface area contributed by atoms with Crippen LogP contribution in [0.4, 0.5) is 0 Å². The van der Waals surface area contributed by atoms with E-state index in [0.717, 1.165) is 30.2 Å². The van der Waals surface area contributed by atoms with E-state index >= 15 is 0 Å². The van der Waals surface area contributed by atoms with Gasteiger partial charge in [-0.05, 0) is 48.9 Å². The van der Waals surface area contributed by atoms with Gasteiger partial charge in [0.05, 0.1) is 0 Å². The van der Waals surface area contributed by atoms with Crippen LogP contribution >= 0.6 is 11.6 Å². The van der Waals surface area contributed by atoms with Crippen molar-refractivity contribution in [1.82, 2.24) is 0 Å². The van der Waals surface area contributed by atoms with E-state index < -0.39 is 5.60 Å². The average Bonchev–Trinajstić information content (AvgIpc) is 2.80. The van der Waals surface area contributed by atoms with Gasteiger partial charge in [-0.1, -0.05) is 25.4 Å². The van der Waals surface area contributed by atoms with Crippen LogP contribution in [0.5, 0.6) is 0 Å². The van der Waals surface area contributed by atoms with E-state index in [1.807, 2.05) is 18.2 Å². The number of hydrogen-bond donors (Lipinski definition) is 1. The van der Waals surface area contributed by atoms with Crippen LogP contribution in [0.25, 0.3) is 11.0 Å². The van der Waals surface area contributed by atoms with Crippen LogP contribution in [0.15, 0.2) is 28.7 Å². The van der Waals surface area contributed by atoms with Gasteiger partial charge in [-0.25, -0.2) is 0 Å². The lowest BCUT2D eigenvalue weighted by Crippen LogP contribution is -2.22. The Bertz CT molecular complexity index is 600. The standard InChI is InChI=1S/C15H17ClO2/c1-14(2)5-6-15(17,9-14)13-8-10-7-11(16)3-4-12(10)18-13/h3-4,7-8,17H,5-6,9H2,1-2H3. The maximum absolute atomic E-state index is 10.7. The molecule has 1 aliphatic carbocycles. The molecule has 1 aromatic carbocycles. The van der Waals surface area contributed by atoms with E-state index in [-0.39, 0.29) is 5.41 Å². The fraction of sp³-hybridized carbons (Fsp3) is 0.467. The molecule has 0 bridgehead atoms. The van der Waals surface area contributed by atoms with E-state index in [2.05, 4.69) is 13.8 Å². The smallest absolute Gasteiger partial charge is 0.136 e. The number of rotatable bonds is 1. The molecule has 3 rings (SSSR count). The summed E-state index contributed by atoms with van der Waals surface area (Å²) in [6.45, 7) is 4.37. The molecule has 1 N–H and O–H groups in total. The quantitative estimate of drug-likeness (QED) is 0.824. The van der Waals surface area contributed by atoms with Gasteiger partial charge in [0.2, 0.25) is 0 Å². The van der Waals surface area contributed by atoms with Crippen LogP contribution in [-0.2, 0) is 5.60 Å². The van der Waals surface area contributed by atoms with Crippen molar-refractivity contribution < 1.29 is 9.52 Å². The molecule has 1 aromatic heterocycles. The summed E-state index contributed by atoms with van der Waals surface area (Å²) in [6, 6.07) is 7.44. The van der Waals surface area contributed by atoms with Crippen molar-refractivity contribution in [3.05, 3.63) is 35.0 Å². The number of aliphatic hydroxyl groups is 1. The van der Waals surface area contributed by atoms with Gasteiger partial charge in [0.1, 0.15) is 16.9 Å². The first-order valence-corrected chi connectivity index (χ1v) is 6.68. The van der Waals surface area contributed by atoms with Crippen molar-refractivity contribution in [2.45, 2.75) is 38.7 Å². The van der Waals surface area contributed by atoms with Gasteiger partial charge < -0.3 is 9.52 Å². The van der Waals surface area contributed by atoms with Gasteiger partial charge in [0.15, 0.2) is 0 Å². The highest BCUT2D eigenvalue weighted by atomic mass is 35.5. The maximum Gasteiger partial charge on any atom is 0.136 e. The summed E-state index contributed by atoms with van der Waals surface area (Å²) in [5.74, 6) is 0.672. The van der Waals surface area contributed by atoms with Crippen LogP contribution in [0, 0.1) is 5.41 Å². The van der Waals surface area contributed by atoms with Crippen LogP contribution < -0.4 is 0 Å². The fourth-order valence-corrected chi connectivity index (χ4v) is 3.15. The Labute approximate surface area is 112 Å². The van der Waals surface area contributed by atoms with Crippen molar-refractivity contribution in [3.8, 4) is 0 Å². The Kier molecular flexibility index (Phi) is 2.51. The summed E-state index contributed by atoms with van der Waals surface area (Å²) in [5, 5.41) is 12.4. The molecule has 96 valence electrons. The molecule has 0 amide bonds. The molecule has 1 aliphatic rings. The normalized spacial score (nSPS) is 26.9. The third kappa shape index (κ3) is 1.94. The predicted molar refractivity (Wildman–Crippen MR) is 72.8 cm³/mol. The molecule has 0 saturated heterocycles. The summed E-state index contributed by atoms with van der Waals surface area (Å²) in [6.07, 6.45) is 2.52. The lowest BCUT2D eigenvalue weighted by Gasteiger charge is -2.22. The average molecular weight is 265 g/mol. The molecular weight excluding hydrogens is 248 g/mol. The van der Waals surface area contributed by atoms with Gasteiger partial charge in [0.25, 0.3) is 0 Å². The zero-order valence-corrected chi connectivity index (χ0v) is 11.4. The highest BCUT2D eigenvalue weighted by Gasteiger charge is 2.45. The molecule has 1 atom stereocenters. The summed E-state index contributed by atoms with van der Waals surface area (Å²) in [7, 11) is 0. The molecule has 2 nitrogen and oxygen atoms in total. The van der Waals surface area contributed by atoms with Gasteiger partial charge in [-0.3, -0.25) is 0 Å². The minimum atomic E-state index is -0.824. The number of hydrogen-bond acceptors (Lipinski definition) is 2.